The zero-order valence-corrected chi connectivity index (χ0v) is 7.97. The Bertz CT molecular complexity index is 153. The number of carbonyl (C=O) groups excluding carboxylic acids is 1. The van der Waals surface area contributed by atoms with Crippen LogP contribution < -0.4 is 5.32 Å². The molecule has 1 aliphatic heterocycles. The molecule has 0 amide bonds. The zero-order chi connectivity index (χ0) is 8.97. The number of carbonyl (C=O) groups is 1. The number of likely N-dealkylation sites (tertiary alicyclic amines) is 1. The van der Waals surface area contributed by atoms with Gasteiger partial charge in [-0.15, -0.1) is 0 Å². The Hall–Kier alpha value is -0.410. The minimum absolute atomic E-state index is 0.224. The van der Waals surface area contributed by atoms with Crippen LogP contribution in [-0.2, 0) is 4.79 Å². The van der Waals surface area contributed by atoms with Crippen molar-refractivity contribution < 1.29 is 4.79 Å². The summed E-state index contributed by atoms with van der Waals surface area (Å²) in [6.45, 7) is 8.87. The predicted molar refractivity (Wildman–Crippen MR) is 49.2 cm³/mol. The van der Waals surface area contributed by atoms with Gasteiger partial charge in [0.15, 0.2) is 0 Å². The number of hydrogen-bond donors (Lipinski definition) is 1. The first kappa shape index (κ1) is 9.68. The first-order valence-corrected chi connectivity index (χ1v) is 4.65. The lowest BCUT2D eigenvalue weighted by Crippen LogP contribution is -2.50. The summed E-state index contributed by atoms with van der Waals surface area (Å²) in [6, 6.07) is 0. The molecule has 0 aromatic heterocycles. The standard InChI is InChI=1S/C9H18N2O/c1-3-11-6-9(7-11)5-10-4-8(2)12/h9-10H,3-7H2,1-2H3. The molecule has 12 heavy (non-hydrogen) atoms. The van der Waals surface area contributed by atoms with Gasteiger partial charge in [-0.05, 0) is 19.4 Å². The third kappa shape index (κ3) is 2.91. The smallest absolute Gasteiger partial charge is 0.143 e. The van der Waals surface area contributed by atoms with E-state index in [9.17, 15) is 4.79 Å². The van der Waals surface area contributed by atoms with E-state index in [1.165, 1.54) is 13.1 Å². The lowest BCUT2D eigenvalue weighted by atomic mass is 10.0. The van der Waals surface area contributed by atoms with Crippen molar-refractivity contribution in [2.75, 3.05) is 32.7 Å². The highest BCUT2D eigenvalue weighted by molar-refractivity contribution is 5.77. The maximum absolute atomic E-state index is 10.6. The molecule has 0 spiro atoms. The largest absolute Gasteiger partial charge is 0.310 e. The SMILES string of the molecule is CCN1CC(CNCC(C)=O)C1. The van der Waals surface area contributed by atoms with Crippen LogP contribution in [0.15, 0.2) is 0 Å². The third-order valence-electron chi connectivity index (χ3n) is 2.29. The summed E-state index contributed by atoms with van der Waals surface area (Å²) in [7, 11) is 0. The highest BCUT2D eigenvalue weighted by Crippen LogP contribution is 2.12. The van der Waals surface area contributed by atoms with Crippen molar-refractivity contribution >= 4 is 5.78 Å². The van der Waals surface area contributed by atoms with Gasteiger partial charge in [0.25, 0.3) is 0 Å². The second-order valence-electron chi connectivity index (χ2n) is 3.55. The minimum atomic E-state index is 0.224. The molecular weight excluding hydrogens is 152 g/mol. The Kier molecular flexibility index (Phi) is 3.69. The van der Waals surface area contributed by atoms with Crippen LogP contribution in [-0.4, -0.2) is 43.4 Å². The van der Waals surface area contributed by atoms with Gasteiger partial charge < -0.3 is 10.2 Å². The maximum atomic E-state index is 10.6. The van der Waals surface area contributed by atoms with Gasteiger partial charge in [-0.2, -0.15) is 0 Å². The number of nitrogens with zero attached hydrogens (tertiary/aromatic N) is 1. The van der Waals surface area contributed by atoms with Gasteiger partial charge in [-0.25, -0.2) is 0 Å². The molecule has 0 aromatic carbocycles. The van der Waals surface area contributed by atoms with Crippen LogP contribution in [0.4, 0.5) is 0 Å². The average molecular weight is 170 g/mol. The maximum Gasteiger partial charge on any atom is 0.143 e. The van der Waals surface area contributed by atoms with E-state index < -0.39 is 0 Å². The summed E-state index contributed by atoms with van der Waals surface area (Å²) in [5.74, 6) is 0.992. The summed E-state index contributed by atoms with van der Waals surface area (Å²) >= 11 is 0. The zero-order valence-electron chi connectivity index (χ0n) is 7.97. The molecule has 0 unspecified atom stereocenters. The van der Waals surface area contributed by atoms with Crippen LogP contribution in [0.25, 0.3) is 0 Å². The van der Waals surface area contributed by atoms with Gasteiger partial charge >= 0.3 is 0 Å². The molecule has 3 nitrogen and oxygen atoms in total. The van der Waals surface area contributed by atoms with Gasteiger partial charge in [0.2, 0.25) is 0 Å². The van der Waals surface area contributed by atoms with Crippen LogP contribution in [0, 0.1) is 5.92 Å². The third-order valence-corrected chi connectivity index (χ3v) is 2.29. The summed E-state index contributed by atoms with van der Waals surface area (Å²) in [4.78, 5) is 13.0. The molecule has 0 aliphatic carbocycles. The van der Waals surface area contributed by atoms with E-state index in [4.69, 9.17) is 0 Å². The van der Waals surface area contributed by atoms with Crippen molar-refractivity contribution in [3.63, 3.8) is 0 Å². The highest BCUT2D eigenvalue weighted by atomic mass is 16.1. The molecule has 1 fully saturated rings. The van der Waals surface area contributed by atoms with E-state index in [2.05, 4.69) is 17.1 Å². The van der Waals surface area contributed by atoms with Crippen LogP contribution in [0.2, 0.25) is 0 Å². The highest BCUT2D eigenvalue weighted by Gasteiger charge is 2.24. The van der Waals surface area contributed by atoms with E-state index in [1.807, 2.05) is 0 Å². The number of ketones is 1. The molecule has 0 radical (unpaired) electrons. The fraction of sp³-hybridized carbons (Fsp3) is 0.889. The van der Waals surface area contributed by atoms with Gasteiger partial charge in [0, 0.05) is 19.6 Å². The Morgan fingerprint density at radius 2 is 2.25 bits per heavy atom. The Balaban J connectivity index is 1.93. The van der Waals surface area contributed by atoms with E-state index in [-0.39, 0.29) is 5.78 Å². The van der Waals surface area contributed by atoms with Crippen molar-refractivity contribution in [1.82, 2.24) is 10.2 Å². The molecular formula is C9H18N2O. The Morgan fingerprint density at radius 3 is 2.75 bits per heavy atom. The van der Waals surface area contributed by atoms with Crippen molar-refractivity contribution in [1.29, 1.82) is 0 Å². The molecule has 3 heteroatoms. The number of Topliss-reactive ketones (excluding diaryl/α,β-unsaturated/α-hetero) is 1. The molecule has 0 aromatic rings. The molecule has 0 bridgehead atoms. The topological polar surface area (TPSA) is 32.3 Å². The van der Waals surface area contributed by atoms with Crippen molar-refractivity contribution in [3.05, 3.63) is 0 Å². The summed E-state index contributed by atoms with van der Waals surface area (Å²) in [6.07, 6.45) is 0. The Labute approximate surface area is 74.1 Å². The van der Waals surface area contributed by atoms with Crippen molar-refractivity contribution in [2.24, 2.45) is 5.92 Å². The quantitative estimate of drug-likeness (QED) is 0.636. The second-order valence-corrected chi connectivity index (χ2v) is 3.55. The fourth-order valence-electron chi connectivity index (χ4n) is 1.52. The molecule has 1 rings (SSSR count). The van der Waals surface area contributed by atoms with E-state index in [1.54, 1.807) is 6.92 Å². The van der Waals surface area contributed by atoms with Gasteiger partial charge in [0.05, 0.1) is 6.54 Å². The number of nitrogens with one attached hydrogen (secondary N) is 1. The molecule has 1 aliphatic rings. The van der Waals surface area contributed by atoms with Gasteiger partial charge in [-0.1, -0.05) is 6.92 Å². The normalized spacial score (nSPS) is 19.2. The number of hydrogen-bond acceptors (Lipinski definition) is 3. The van der Waals surface area contributed by atoms with Crippen LogP contribution in [0.1, 0.15) is 13.8 Å². The van der Waals surface area contributed by atoms with Crippen LogP contribution in [0.3, 0.4) is 0 Å². The predicted octanol–water partition coefficient (Wildman–Crippen LogP) is 0.117. The summed E-state index contributed by atoms with van der Waals surface area (Å²) in [5, 5.41) is 3.16. The van der Waals surface area contributed by atoms with E-state index >= 15 is 0 Å². The summed E-state index contributed by atoms with van der Waals surface area (Å²) < 4.78 is 0. The molecule has 1 saturated heterocycles. The van der Waals surface area contributed by atoms with Crippen LogP contribution in [0.5, 0.6) is 0 Å². The van der Waals surface area contributed by atoms with E-state index in [0.29, 0.717) is 6.54 Å². The molecule has 70 valence electrons. The van der Waals surface area contributed by atoms with Crippen molar-refractivity contribution in [3.8, 4) is 0 Å². The monoisotopic (exact) mass is 170 g/mol. The minimum Gasteiger partial charge on any atom is -0.310 e. The van der Waals surface area contributed by atoms with Crippen molar-refractivity contribution in [2.45, 2.75) is 13.8 Å². The lowest BCUT2D eigenvalue weighted by Gasteiger charge is -2.38. The summed E-state index contributed by atoms with van der Waals surface area (Å²) in [5.41, 5.74) is 0. The van der Waals surface area contributed by atoms with Gasteiger partial charge in [0.1, 0.15) is 5.78 Å². The van der Waals surface area contributed by atoms with Crippen LogP contribution >= 0.6 is 0 Å². The number of rotatable bonds is 5. The average Bonchev–Trinajstić information content (AvgIpc) is 1.93. The van der Waals surface area contributed by atoms with Gasteiger partial charge in [-0.3, -0.25) is 4.79 Å². The first-order chi connectivity index (χ1) is 5.72. The fourth-order valence-corrected chi connectivity index (χ4v) is 1.52. The first-order valence-electron chi connectivity index (χ1n) is 4.65. The molecule has 1 N–H and O–H groups in total. The molecule has 1 heterocycles. The molecule has 0 atom stereocenters. The Morgan fingerprint density at radius 1 is 1.58 bits per heavy atom. The second kappa shape index (κ2) is 4.58. The van der Waals surface area contributed by atoms with E-state index in [0.717, 1.165) is 19.0 Å². The lowest BCUT2D eigenvalue weighted by molar-refractivity contribution is -0.116. The molecule has 0 saturated carbocycles.